The fourth-order valence-corrected chi connectivity index (χ4v) is 7.15. The third kappa shape index (κ3) is 4.13. The van der Waals surface area contributed by atoms with Crippen molar-refractivity contribution < 1.29 is 0 Å². The van der Waals surface area contributed by atoms with Crippen LogP contribution in [0.5, 0.6) is 0 Å². The van der Waals surface area contributed by atoms with Gasteiger partial charge in [0.05, 0.1) is 11.0 Å². The van der Waals surface area contributed by atoms with Gasteiger partial charge < -0.3 is 4.90 Å². The summed E-state index contributed by atoms with van der Waals surface area (Å²) in [6.07, 6.45) is 24.9. The standard InChI is InChI=1S/C38H40N2/c1-7-28-15-14-24-39-36(28)27(4)25(2)22-23-26(3)40-34-21-13-11-17-30(34)29-16-8-9-18-31(29)35-37(40)32-19-10-12-20-33(32)38(35,5)6/h7-12,14-20,22-24,29,31H,13,21H2,1-6H3/b25-22+,26-23+,28-7-,36-27-. The number of aromatic nitrogens is 1. The van der Waals surface area contributed by atoms with E-state index in [-0.39, 0.29) is 5.41 Å². The highest BCUT2D eigenvalue weighted by molar-refractivity contribution is 5.83. The molecule has 202 valence electrons. The van der Waals surface area contributed by atoms with E-state index in [1.807, 2.05) is 12.3 Å². The van der Waals surface area contributed by atoms with Crippen LogP contribution in [-0.2, 0) is 5.41 Å². The largest absolute Gasteiger partial charge is 0.317 e. The van der Waals surface area contributed by atoms with Crippen molar-refractivity contribution in [3.05, 3.63) is 141 Å². The molecule has 6 rings (SSSR count). The molecule has 40 heavy (non-hydrogen) atoms. The van der Waals surface area contributed by atoms with Crippen molar-refractivity contribution in [1.29, 1.82) is 0 Å². The van der Waals surface area contributed by atoms with E-state index in [1.54, 1.807) is 0 Å². The Balaban J connectivity index is 1.57. The molecule has 3 aliphatic carbocycles. The van der Waals surface area contributed by atoms with E-state index in [9.17, 15) is 0 Å². The minimum absolute atomic E-state index is 0.0522. The first-order valence-electron chi connectivity index (χ1n) is 14.7. The van der Waals surface area contributed by atoms with Crippen molar-refractivity contribution in [1.82, 2.24) is 9.88 Å². The summed E-state index contributed by atoms with van der Waals surface area (Å²) in [5.41, 5.74) is 12.3. The summed E-state index contributed by atoms with van der Waals surface area (Å²) in [7, 11) is 0. The second-order valence-corrected chi connectivity index (χ2v) is 11.9. The maximum Gasteiger partial charge on any atom is 0.0730 e. The van der Waals surface area contributed by atoms with Crippen molar-refractivity contribution in [3.63, 3.8) is 0 Å². The molecule has 2 unspecified atom stereocenters. The zero-order valence-electron chi connectivity index (χ0n) is 24.7. The van der Waals surface area contributed by atoms with Gasteiger partial charge in [-0.05, 0) is 85.8 Å². The molecular weight excluding hydrogens is 484 g/mol. The van der Waals surface area contributed by atoms with Crippen molar-refractivity contribution in [2.45, 2.75) is 59.8 Å². The Morgan fingerprint density at radius 3 is 2.55 bits per heavy atom. The number of fused-ring (bicyclic) bond motifs is 5. The number of hydrogen-bond acceptors (Lipinski definition) is 2. The minimum atomic E-state index is -0.0522. The monoisotopic (exact) mass is 524 g/mol. The maximum absolute atomic E-state index is 4.70. The second-order valence-electron chi connectivity index (χ2n) is 11.9. The molecule has 1 aromatic carbocycles. The van der Waals surface area contributed by atoms with Crippen LogP contribution in [0.15, 0.2) is 119 Å². The van der Waals surface area contributed by atoms with Gasteiger partial charge in [-0.15, -0.1) is 0 Å². The van der Waals surface area contributed by atoms with E-state index in [1.165, 1.54) is 55.7 Å². The number of allylic oxidation sites excluding steroid dienone is 13. The van der Waals surface area contributed by atoms with Crippen LogP contribution in [0.4, 0.5) is 0 Å². The first-order chi connectivity index (χ1) is 19.3. The summed E-state index contributed by atoms with van der Waals surface area (Å²) in [5, 5.41) is 2.23. The van der Waals surface area contributed by atoms with Crippen LogP contribution in [0.1, 0.15) is 65.5 Å². The highest BCUT2D eigenvalue weighted by atomic mass is 15.2. The SMILES string of the molecule is C/C=c1/cccn/c1=C(C)\C(C)=C\C=C(/C)N1C2=C(C=CCC2)C2C=CC=CC2C2=C1c1ccccc1C2(C)C. The Bertz CT molecular complexity index is 1710. The molecule has 0 amide bonds. The van der Waals surface area contributed by atoms with Gasteiger partial charge in [0.25, 0.3) is 0 Å². The van der Waals surface area contributed by atoms with Crippen molar-refractivity contribution in [3.8, 4) is 0 Å². The van der Waals surface area contributed by atoms with Gasteiger partial charge in [0.2, 0.25) is 0 Å². The fourth-order valence-electron chi connectivity index (χ4n) is 7.15. The molecule has 2 heterocycles. The lowest BCUT2D eigenvalue weighted by molar-refractivity contribution is 0.506. The van der Waals surface area contributed by atoms with Gasteiger partial charge in [-0.2, -0.15) is 0 Å². The Labute approximate surface area is 239 Å². The molecule has 4 aliphatic rings. The molecule has 0 fully saturated rings. The van der Waals surface area contributed by atoms with Crippen LogP contribution in [0.3, 0.4) is 0 Å². The van der Waals surface area contributed by atoms with E-state index >= 15 is 0 Å². The first kappa shape index (κ1) is 26.3. The molecule has 0 radical (unpaired) electrons. The number of nitrogens with zero attached hydrogens (tertiary/aromatic N) is 2. The van der Waals surface area contributed by atoms with E-state index < -0.39 is 0 Å². The third-order valence-corrected chi connectivity index (χ3v) is 9.31. The van der Waals surface area contributed by atoms with Gasteiger partial charge in [-0.1, -0.05) is 92.8 Å². The zero-order chi connectivity index (χ0) is 28.0. The highest BCUT2D eigenvalue weighted by Gasteiger charge is 2.47. The summed E-state index contributed by atoms with van der Waals surface area (Å²) in [6, 6.07) is 13.2. The predicted molar refractivity (Wildman–Crippen MR) is 169 cm³/mol. The van der Waals surface area contributed by atoms with Crippen LogP contribution in [0.25, 0.3) is 17.3 Å². The molecule has 0 N–H and O–H groups in total. The molecular formula is C38H40N2. The molecule has 2 nitrogen and oxygen atoms in total. The normalized spacial score (nSPS) is 24.6. The van der Waals surface area contributed by atoms with Crippen LogP contribution in [0.2, 0.25) is 0 Å². The van der Waals surface area contributed by atoms with Crippen molar-refractivity contribution in [2.24, 2.45) is 11.8 Å². The molecule has 0 spiro atoms. The number of pyridine rings is 1. The minimum Gasteiger partial charge on any atom is -0.317 e. The number of benzene rings is 1. The van der Waals surface area contributed by atoms with Gasteiger partial charge >= 0.3 is 0 Å². The van der Waals surface area contributed by atoms with Crippen molar-refractivity contribution in [2.75, 3.05) is 0 Å². The van der Waals surface area contributed by atoms with Gasteiger partial charge in [-0.3, -0.25) is 4.98 Å². The third-order valence-electron chi connectivity index (χ3n) is 9.31. The number of hydrogen-bond donors (Lipinski definition) is 0. The highest BCUT2D eigenvalue weighted by Crippen LogP contribution is 2.57. The van der Waals surface area contributed by atoms with Gasteiger partial charge in [0.1, 0.15) is 0 Å². The first-order valence-corrected chi connectivity index (χ1v) is 14.7. The van der Waals surface area contributed by atoms with E-state index in [4.69, 9.17) is 4.98 Å². The molecule has 0 saturated carbocycles. The maximum atomic E-state index is 4.70. The summed E-state index contributed by atoms with van der Waals surface area (Å²) >= 11 is 0. The van der Waals surface area contributed by atoms with E-state index in [2.05, 4.69) is 131 Å². The smallest absolute Gasteiger partial charge is 0.0730 e. The average molecular weight is 525 g/mol. The lowest BCUT2D eigenvalue weighted by Gasteiger charge is -2.34. The summed E-state index contributed by atoms with van der Waals surface area (Å²) < 4.78 is 0. The second kappa shape index (κ2) is 10.2. The molecule has 0 saturated heterocycles. The van der Waals surface area contributed by atoms with Gasteiger partial charge in [0.15, 0.2) is 0 Å². The lowest BCUT2D eigenvalue weighted by Crippen LogP contribution is -2.29. The summed E-state index contributed by atoms with van der Waals surface area (Å²) in [4.78, 5) is 7.32. The lowest BCUT2D eigenvalue weighted by atomic mass is 9.69. The Morgan fingerprint density at radius 2 is 1.75 bits per heavy atom. The summed E-state index contributed by atoms with van der Waals surface area (Å²) in [6.45, 7) is 13.6. The Hall–Kier alpha value is -3.91. The fraction of sp³-hybridized carbons (Fsp3) is 0.289. The predicted octanol–water partition coefficient (Wildman–Crippen LogP) is 7.88. The Kier molecular flexibility index (Phi) is 6.74. The molecule has 2 aromatic rings. The topological polar surface area (TPSA) is 16.1 Å². The molecule has 0 bridgehead atoms. The average Bonchev–Trinajstić information content (AvgIpc) is 3.13. The van der Waals surface area contributed by atoms with E-state index in [0.29, 0.717) is 11.8 Å². The van der Waals surface area contributed by atoms with Crippen LogP contribution in [-0.4, -0.2) is 9.88 Å². The van der Waals surface area contributed by atoms with Crippen LogP contribution < -0.4 is 10.6 Å². The molecule has 2 heteroatoms. The van der Waals surface area contributed by atoms with Crippen molar-refractivity contribution >= 4 is 17.3 Å². The van der Waals surface area contributed by atoms with Gasteiger partial charge in [0, 0.05) is 40.4 Å². The number of rotatable bonds is 3. The van der Waals surface area contributed by atoms with Crippen LogP contribution in [0, 0.1) is 11.8 Å². The van der Waals surface area contributed by atoms with E-state index in [0.717, 1.165) is 18.2 Å². The zero-order valence-corrected chi connectivity index (χ0v) is 24.7. The summed E-state index contributed by atoms with van der Waals surface area (Å²) in [5.74, 6) is 0.697. The quantitative estimate of drug-likeness (QED) is 0.380. The molecule has 1 aromatic heterocycles. The van der Waals surface area contributed by atoms with Gasteiger partial charge in [-0.25, -0.2) is 0 Å². The van der Waals surface area contributed by atoms with Crippen LogP contribution >= 0.6 is 0 Å². The molecule has 2 atom stereocenters. The molecule has 1 aliphatic heterocycles. The Morgan fingerprint density at radius 1 is 0.975 bits per heavy atom.